The van der Waals surface area contributed by atoms with Gasteiger partial charge in [-0.25, -0.2) is 0 Å². The third kappa shape index (κ3) is 3.57. The van der Waals surface area contributed by atoms with E-state index < -0.39 is 11.7 Å². The van der Waals surface area contributed by atoms with Gasteiger partial charge in [-0.15, -0.1) is 0 Å². The molecule has 0 radical (unpaired) electrons. The fourth-order valence-electron chi connectivity index (χ4n) is 4.35. The van der Waals surface area contributed by atoms with Crippen molar-refractivity contribution in [3.63, 3.8) is 0 Å². The molecule has 1 atom stereocenters. The van der Waals surface area contributed by atoms with Crippen LogP contribution in [0.5, 0.6) is 11.5 Å². The van der Waals surface area contributed by atoms with E-state index in [0.717, 1.165) is 35.4 Å². The molecule has 29 heavy (non-hydrogen) atoms. The molecule has 5 nitrogen and oxygen atoms in total. The molecule has 3 aromatic rings. The Morgan fingerprint density at radius 1 is 0.897 bits per heavy atom. The lowest BCUT2D eigenvalue weighted by Crippen LogP contribution is -2.43. The molecule has 1 fully saturated rings. The zero-order valence-electron chi connectivity index (χ0n) is 16.3. The van der Waals surface area contributed by atoms with Crippen molar-refractivity contribution in [1.82, 2.24) is 4.90 Å². The van der Waals surface area contributed by atoms with Crippen LogP contribution in [-0.2, 0) is 5.60 Å². The second-order valence-corrected chi connectivity index (χ2v) is 8.02. The Morgan fingerprint density at radius 3 is 2.48 bits per heavy atom. The number of aliphatic hydroxyl groups is 2. The van der Waals surface area contributed by atoms with Crippen molar-refractivity contribution < 1.29 is 19.7 Å². The number of likely N-dealkylation sites (tertiary alicyclic amines) is 1. The van der Waals surface area contributed by atoms with Crippen molar-refractivity contribution in [3.8, 4) is 11.5 Å². The van der Waals surface area contributed by atoms with Gasteiger partial charge in [0.25, 0.3) is 0 Å². The Balaban J connectivity index is 1.24. The molecule has 2 aliphatic rings. The van der Waals surface area contributed by atoms with Crippen molar-refractivity contribution in [1.29, 1.82) is 0 Å². The number of β-amino-alcohol motifs (C(OH)–C–C–N with tert-alkyl or cyclic N) is 1. The van der Waals surface area contributed by atoms with Crippen LogP contribution >= 0.6 is 0 Å². The van der Waals surface area contributed by atoms with E-state index in [9.17, 15) is 10.2 Å². The zero-order chi connectivity index (χ0) is 19.8. The molecule has 2 aliphatic heterocycles. The van der Waals surface area contributed by atoms with Crippen LogP contribution in [-0.4, -0.2) is 41.5 Å². The van der Waals surface area contributed by atoms with E-state index in [1.165, 1.54) is 5.39 Å². The highest BCUT2D eigenvalue weighted by Crippen LogP contribution is 2.39. The molecule has 0 aliphatic carbocycles. The number of piperidine rings is 1. The zero-order valence-corrected chi connectivity index (χ0v) is 16.3. The molecule has 1 unspecified atom stereocenters. The number of hydrogen-bond donors (Lipinski definition) is 2. The van der Waals surface area contributed by atoms with Gasteiger partial charge in [0.2, 0.25) is 6.79 Å². The van der Waals surface area contributed by atoms with Gasteiger partial charge in [-0.05, 0) is 52.9 Å². The summed E-state index contributed by atoms with van der Waals surface area (Å²) in [7, 11) is 0. The van der Waals surface area contributed by atoms with E-state index in [0.29, 0.717) is 25.1 Å². The molecule has 0 bridgehead atoms. The molecule has 0 spiro atoms. The van der Waals surface area contributed by atoms with Crippen LogP contribution in [0.15, 0.2) is 60.7 Å². The first-order valence-corrected chi connectivity index (χ1v) is 10.1. The number of nitrogens with zero attached hydrogens (tertiary/aromatic N) is 1. The van der Waals surface area contributed by atoms with E-state index in [2.05, 4.69) is 29.2 Å². The van der Waals surface area contributed by atoms with Gasteiger partial charge < -0.3 is 24.6 Å². The van der Waals surface area contributed by atoms with Gasteiger partial charge in [0, 0.05) is 19.6 Å². The Labute approximate surface area is 170 Å². The number of fused-ring (bicyclic) bond motifs is 2. The van der Waals surface area contributed by atoms with E-state index >= 15 is 0 Å². The van der Waals surface area contributed by atoms with Crippen molar-refractivity contribution >= 4 is 10.8 Å². The average molecular weight is 391 g/mol. The third-order valence-corrected chi connectivity index (χ3v) is 6.18. The van der Waals surface area contributed by atoms with Crippen LogP contribution in [0.1, 0.15) is 30.1 Å². The van der Waals surface area contributed by atoms with Crippen molar-refractivity contribution in [2.24, 2.45) is 0 Å². The van der Waals surface area contributed by atoms with Crippen LogP contribution in [0.4, 0.5) is 0 Å². The summed E-state index contributed by atoms with van der Waals surface area (Å²) >= 11 is 0. The summed E-state index contributed by atoms with van der Waals surface area (Å²) in [5.41, 5.74) is 0.933. The summed E-state index contributed by atoms with van der Waals surface area (Å²) in [6, 6.07) is 20.0. The molecule has 2 N–H and O–H groups in total. The van der Waals surface area contributed by atoms with E-state index in [-0.39, 0.29) is 6.79 Å². The molecule has 0 amide bonds. The third-order valence-electron chi connectivity index (χ3n) is 6.18. The Morgan fingerprint density at radius 2 is 1.66 bits per heavy atom. The summed E-state index contributed by atoms with van der Waals surface area (Å²) in [5.74, 6) is 1.43. The Hall–Kier alpha value is -2.60. The fraction of sp³-hybridized carbons (Fsp3) is 0.333. The minimum Gasteiger partial charge on any atom is -0.454 e. The molecule has 1 saturated heterocycles. The first-order valence-electron chi connectivity index (χ1n) is 10.1. The molecule has 5 rings (SSSR count). The minimum atomic E-state index is -0.870. The molecular formula is C24H25NO4. The number of ether oxygens (including phenoxy) is 2. The SMILES string of the molecule is OC(CN1CCC(O)(c2ccc3c(c2)OCO3)CC1)c1ccc2ccccc2c1. The van der Waals surface area contributed by atoms with Gasteiger partial charge in [-0.2, -0.15) is 0 Å². The molecule has 2 heterocycles. The first-order chi connectivity index (χ1) is 14.1. The summed E-state index contributed by atoms with van der Waals surface area (Å²) in [5, 5.41) is 24.2. The molecular weight excluding hydrogens is 366 g/mol. The van der Waals surface area contributed by atoms with Gasteiger partial charge in [-0.1, -0.05) is 42.5 Å². The van der Waals surface area contributed by atoms with Crippen LogP contribution in [0.2, 0.25) is 0 Å². The molecule has 0 aromatic heterocycles. The highest BCUT2D eigenvalue weighted by Gasteiger charge is 2.35. The van der Waals surface area contributed by atoms with Gasteiger partial charge in [0.05, 0.1) is 11.7 Å². The number of hydrogen-bond acceptors (Lipinski definition) is 5. The lowest BCUT2D eigenvalue weighted by molar-refractivity contribution is -0.0345. The molecule has 3 aromatic carbocycles. The van der Waals surface area contributed by atoms with Crippen LogP contribution in [0, 0.1) is 0 Å². The highest BCUT2D eigenvalue weighted by atomic mass is 16.7. The van der Waals surface area contributed by atoms with Gasteiger partial charge in [-0.3, -0.25) is 0 Å². The van der Waals surface area contributed by atoms with Gasteiger partial charge >= 0.3 is 0 Å². The van der Waals surface area contributed by atoms with E-state index in [1.54, 1.807) is 0 Å². The fourth-order valence-corrected chi connectivity index (χ4v) is 4.35. The summed E-state index contributed by atoms with van der Waals surface area (Å²) in [4.78, 5) is 2.22. The Bertz CT molecular complexity index is 1030. The molecule has 150 valence electrons. The lowest BCUT2D eigenvalue weighted by atomic mass is 9.84. The minimum absolute atomic E-state index is 0.234. The standard InChI is InChI=1S/C24H25NO4/c26-21(19-6-5-17-3-1-2-4-18(17)13-19)15-25-11-9-24(27,10-12-25)20-7-8-22-23(14-20)29-16-28-22/h1-8,13-14,21,26-27H,9-12,15-16H2. The number of rotatable bonds is 4. The maximum atomic E-state index is 11.2. The van der Waals surface area contributed by atoms with Crippen LogP contribution in [0.25, 0.3) is 10.8 Å². The maximum Gasteiger partial charge on any atom is 0.231 e. The van der Waals surface area contributed by atoms with Gasteiger partial charge in [0.1, 0.15) is 0 Å². The van der Waals surface area contributed by atoms with E-state index in [4.69, 9.17) is 9.47 Å². The molecule has 0 saturated carbocycles. The smallest absolute Gasteiger partial charge is 0.231 e. The van der Waals surface area contributed by atoms with Gasteiger partial charge in [0.15, 0.2) is 11.5 Å². The quantitative estimate of drug-likeness (QED) is 0.712. The predicted octanol–water partition coefficient (Wildman–Crippen LogP) is 3.59. The second kappa shape index (κ2) is 7.34. The van der Waals surface area contributed by atoms with Crippen LogP contribution < -0.4 is 9.47 Å². The monoisotopic (exact) mass is 391 g/mol. The summed E-state index contributed by atoms with van der Waals surface area (Å²) in [6.45, 7) is 2.26. The number of benzene rings is 3. The normalized spacial score (nSPS) is 19.4. The summed E-state index contributed by atoms with van der Waals surface area (Å²) < 4.78 is 10.8. The van der Waals surface area contributed by atoms with Crippen molar-refractivity contribution in [3.05, 3.63) is 71.8 Å². The van der Waals surface area contributed by atoms with Crippen LogP contribution in [0.3, 0.4) is 0 Å². The maximum absolute atomic E-state index is 11.2. The highest BCUT2D eigenvalue weighted by molar-refractivity contribution is 5.83. The largest absolute Gasteiger partial charge is 0.454 e. The summed E-state index contributed by atoms with van der Waals surface area (Å²) in [6.07, 6.45) is 0.699. The van der Waals surface area contributed by atoms with E-state index in [1.807, 2.05) is 36.4 Å². The topological polar surface area (TPSA) is 62.2 Å². The second-order valence-electron chi connectivity index (χ2n) is 8.02. The average Bonchev–Trinajstić information content (AvgIpc) is 3.23. The number of aliphatic hydroxyl groups excluding tert-OH is 1. The van der Waals surface area contributed by atoms with Crippen molar-refractivity contribution in [2.75, 3.05) is 26.4 Å². The first kappa shape index (κ1) is 18.4. The molecule has 5 heteroatoms. The Kier molecular flexibility index (Phi) is 4.66. The lowest BCUT2D eigenvalue weighted by Gasteiger charge is -2.39. The predicted molar refractivity (Wildman–Crippen MR) is 111 cm³/mol. The van der Waals surface area contributed by atoms with Crippen molar-refractivity contribution in [2.45, 2.75) is 24.5 Å².